The van der Waals surface area contributed by atoms with Gasteiger partial charge in [-0.15, -0.1) is 0 Å². The molecule has 1 atom stereocenters. The average Bonchev–Trinajstić information content (AvgIpc) is 3.03. The van der Waals surface area contributed by atoms with E-state index < -0.39 is 0 Å². The van der Waals surface area contributed by atoms with Crippen molar-refractivity contribution in [1.82, 2.24) is 5.32 Å². The van der Waals surface area contributed by atoms with Gasteiger partial charge >= 0.3 is 0 Å². The molecular weight excluding hydrogens is 326 g/mol. The molecule has 1 aromatic rings. The highest BCUT2D eigenvalue weighted by atomic mass is 16.5. The molecule has 5 nitrogen and oxygen atoms in total. The molecule has 0 spiro atoms. The number of guanidine groups is 1. The first kappa shape index (κ1) is 19.0. The van der Waals surface area contributed by atoms with E-state index in [1.165, 1.54) is 44.1 Å². The van der Waals surface area contributed by atoms with E-state index in [4.69, 9.17) is 15.2 Å². The van der Waals surface area contributed by atoms with E-state index in [0.29, 0.717) is 25.2 Å². The maximum absolute atomic E-state index is 6.13. The van der Waals surface area contributed by atoms with Crippen molar-refractivity contribution in [2.75, 3.05) is 13.2 Å². The van der Waals surface area contributed by atoms with Crippen LogP contribution in [-0.4, -0.2) is 31.3 Å². The molecule has 1 heterocycles. The standard InChI is InChI=1S/C21H33N3O2/c1-16-10-11-17(20(13-16)26-15-19-9-6-12-25-19)14-23-21(22)24-18-7-4-2-3-5-8-18/h10-11,13,18-19H,2-9,12,14-15H2,1H3,(H3,22,23,24). The highest BCUT2D eigenvalue weighted by molar-refractivity contribution is 5.78. The number of aryl methyl sites for hydroxylation is 1. The van der Waals surface area contributed by atoms with E-state index in [-0.39, 0.29) is 6.10 Å². The zero-order chi connectivity index (χ0) is 18.2. The molecule has 1 unspecified atom stereocenters. The number of aliphatic imine (C=N–C) groups is 1. The van der Waals surface area contributed by atoms with E-state index in [1.807, 2.05) is 0 Å². The Balaban J connectivity index is 1.56. The summed E-state index contributed by atoms with van der Waals surface area (Å²) in [6.07, 6.45) is 10.0. The van der Waals surface area contributed by atoms with Crippen LogP contribution >= 0.6 is 0 Å². The van der Waals surface area contributed by atoms with E-state index in [2.05, 4.69) is 35.4 Å². The van der Waals surface area contributed by atoms with Gasteiger partial charge in [0.1, 0.15) is 12.4 Å². The lowest BCUT2D eigenvalue weighted by Crippen LogP contribution is -2.39. The summed E-state index contributed by atoms with van der Waals surface area (Å²) < 4.78 is 11.7. The lowest BCUT2D eigenvalue weighted by atomic mass is 10.1. The predicted molar refractivity (Wildman–Crippen MR) is 106 cm³/mol. The molecule has 0 bridgehead atoms. The van der Waals surface area contributed by atoms with Gasteiger partial charge in [0.05, 0.1) is 12.6 Å². The molecule has 0 amide bonds. The van der Waals surface area contributed by atoms with E-state index >= 15 is 0 Å². The van der Waals surface area contributed by atoms with Crippen LogP contribution in [-0.2, 0) is 11.3 Å². The third-order valence-electron chi connectivity index (χ3n) is 5.30. The molecule has 1 saturated carbocycles. The number of nitrogens with one attached hydrogen (secondary N) is 1. The Labute approximate surface area is 157 Å². The van der Waals surface area contributed by atoms with Gasteiger partial charge in [0.15, 0.2) is 5.96 Å². The predicted octanol–water partition coefficient (Wildman–Crippen LogP) is 3.68. The quantitative estimate of drug-likeness (QED) is 0.462. The normalized spacial score (nSPS) is 22.2. The number of hydrogen-bond donors (Lipinski definition) is 2. The van der Waals surface area contributed by atoms with Gasteiger partial charge in [0, 0.05) is 18.2 Å². The Morgan fingerprint density at radius 3 is 2.73 bits per heavy atom. The molecule has 1 saturated heterocycles. The Morgan fingerprint density at radius 1 is 1.19 bits per heavy atom. The van der Waals surface area contributed by atoms with Crippen LogP contribution in [0.4, 0.5) is 0 Å². The highest BCUT2D eigenvalue weighted by Gasteiger charge is 2.17. The molecule has 1 aromatic carbocycles. The smallest absolute Gasteiger partial charge is 0.189 e. The van der Waals surface area contributed by atoms with Crippen LogP contribution in [0.3, 0.4) is 0 Å². The van der Waals surface area contributed by atoms with Crippen LogP contribution in [0.15, 0.2) is 23.2 Å². The summed E-state index contributed by atoms with van der Waals surface area (Å²) in [6.45, 7) is 4.07. The average molecular weight is 360 g/mol. The third kappa shape index (κ3) is 5.90. The molecule has 3 N–H and O–H groups in total. The van der Waals surface area contributed by atoms with Crippen molar-refractivity contribution < 1.29 is 9.47 Å². The van der Waals surface area contributed by atoms with Gasteiger partial charge in [-0.25, -0.2) is 4.99 Å². The molecule has 5 heteroatoms. The van der Waals surface area contributed by atoms with Crippen molar-refractivity contribution in [3.05, 3.63) is 29.3 Å². The summed E-state index contributed by atoms with van der Waals surface area (Å²) in [4.78, 5) is 4.56. The fourth-order valence-electron chi connectivity index (χ4n) is 3.73. The number of nitrogens with zero attached hydrogens (tertiary/aromatic N) is 1. The first-order valence-electron chi connectivity index (χ1n) is 10.1. The molecule has 3 rings (SSSR count). The van der Waals surface area contributed by atoms with E-state index in [0.717, 1.165) is 30.8 Å². The van der Waals surface area contributed by atoms with Gasteiger partial charge in [0.25, 0.3) is 0 Å². The molecular formula is C21H33N3O2. The molecule has 1 aliphatic carbocycles. The maximum Gasteiger partial charge on any atom is 0.189 e. The summed E-state index contributed by atoms with van der Waals surface area (Å²) in [5.74, 6) is 1.44. The lowest BCUT2D eigenvalue weighted by molar-refractivity contribution is 0.0676. The van der Waals surface area contributed by atoms with Gasteiger partial charge in [-0.3, -0.25) is 0 Å². The van der Waals surface area contributed by atoms with Crippen LogP contribution in [0.2, 0.25) is 0 Å². The van der Waals surface area contributed by atoms with Gasteiger partial charge in [-0.05, 0) is 44.2 Å². The number of hydrogen-bond acceptors (Lipinski definition) is 3. The van der Waals surface area contributed by atoms with Crippen molar-refractivity contribution in [3.63, 3.8) is 0 Å². The molecule has 26 heavy (non-hydrogen) atoms. The third-order valence-corrected chi connectivity index (χ3v) is 5.30. The second-order valence-electron chi connectivity index (χ2n) is 7.59. The fraction of sp³-hybridized carbons (Fsp3) is 0.667. The van der Waals surface area contributed by atoms with Crippen molar-refractivity contribution in [2.24, 2.45) is 10.7 Å². The van der Waals surface area contributed by atoms with Gasteiger partial charge in [-0.1, -0.05) is 37.8 Å². The molecule has 2 fully saturated rings. The summed E-state index contributed by atoms with van der Waals surface area (Å²) in [7, 11) is 0. The highest BCUT2D eigenvalue weighted by Crippen LogP contribution is 2.23. The van der Waals surface area contributed by atoms with Gasteiger partial charge < -0.3 is 20.5 Å². The van der Waals surface area contributed by atoms with Crippen molar-refractivity contribution in [1.29, 1.82) is 0 Å². The van der Waals surface area contributed by atoms with E-state index in [1.54, 1.807) is 0 Å². The first-order chi connectivity index (χ1) is 12.7. The summed E-state index contributed by atoms with van der Waals surface area (Å²) in [6, 6.07) is 6.73. The Hall–Kier alpha value is -1.75. The van der Waals surface area contributed by atoms with E-state index in [9.17, 15) is 0 Å². The van der Waals surface area contributed by atoms with Crippen molar-refractivity contribution in [3.8, 4) is 5.75 Å². The largest absolute Gasteiger partial charge is 0.491 e. The number of nitrogens with two attached hydrogens (primary N) is 1. The van der Waals surface area contributed by atoms with Crippen LogP contribution in [0.5, 0.6) is 5.75 Å². The topological polar surface area (TPSA) is 68.9 Å². The summed E-state index contributed by atoms with van der Waals surface area (Å²) in [5.41, 5.74) is 8.39. The van der Waals surface area contributed by atoms with Crippen LogP contribution in [0.1, 0.15) is 62.5 Å². The number of rotatable bonds is 6. The van der Waals surface area contributed by atoms with Crippen LogP contribution in [0.25, 0.3) is 0 Å². The minimum absolute atomic E-state index is 0.217. The monoisotopic (exact) mass is 359 g/mol. The minimum atomic E-state index is 0.217. The Bertz CT molecular complexity index is 589. The maximum atomic E-state index is 6.13. The Morgan fingerprint density at radius 2 is 2.00 bits per heavy atom. The zero-order valence-corrected chi connectivity index (χ0v) is 16.0. The molecule has 0 aromatic heterocycles. The first-order valence-corrected chi connectivity index (χ1v) is 10.1. The summed E-state index contributed by atoms with van der Waals surface area (Å²) in [5, 5.41) is 3.40. The van der Waals surface area contributed by atoms with Crippen LogP contribution < -0.4 is 15.8 Å². The van der Waals surface area contributed by atoms with Crippen molar-refractivity contribution in [2.45, 2.75) is 77.0 Å². The molecule has 144 valence electrons. The summed E-state index contributed by atoms with van der Waals surface area (Å²) >= 11 is 0. The second-order valence-corrected chi connectivity index (χ2v) is 7.59. The molecule has 0 radical (unpaired) electrons. The number of benzene rings is 1. The molecule has 2 aliphatic rings. The lowest BCUT2D eigenvalue weighted by Gasteiger charge is -2.17. The second kappa shape index (κ2) is 9.81. The molecule has 1 aliphatic heterocycles. The van der Waals surface area contributed by atoms with Crippen LogP contribution in [0, 0.1) is 6.92 Å². The Kier molecular flexibility index (Phi) is 7.18. The minimum Gasteiger partial charge on any atom is -0.491 e. The van der Waals surface area contributed by atoms with Gasteiger partial charge in [0.2, 0.25) is 0 Å². The SMILES string of the molecule is Cc1ccc(CN=C(N)NC2CCCCCC2)c(OCC2CCCO2)c1. The fourth-order valence-corrected chi connectivity index (χ4v) is 3.73. The zero-order valence-electron chi connectivity index (χ0n) is 16.0. The van der Waals surface area contributed by atoms with Crippen molar-refractivity contribution >= 4 is 5.96 Å². The number of ether oxygens (including phenoxy) is 2. The van der Waals surface area contributed by atoms with Gasteiger partial charge in [-0.2, -0.15) is 0 Å².